The van der Waals surface area contributed by atoms with E-state index in [1.54, 1.807) is 43.3 Å². The molecule has 2 saturated heterocycles. The zero-order chi connectivity index (χ0) is 21.4. The third-order valence-electron chi connectivity index (χ3n) is 5.66. The van der Waals surface area contributed by atoms with Gasteiger partial charge in [0.1, 0.15) is 18.5 Å². The van der Waals surface area contributed by atoms with Crippen LogP contribution in [0.5, 0.6) is 0 Å². The van der Waals surface area contributed by atoms with Crippen molar-refractivity contribution in [3.05, 3.63) is 70.0 Å². The molecular weight excluding hydrogens is 411 g/mol. The normalized spacial score (nSPS) is 20.4. The van der Waals surface area contributed by atoms with Crippen LogP contribution in [0.4, 0.5) is 9.18 Å². The van der Waals surface area contributed by atoms with E-state index in [1.165, 1.54) is 9.80 Å². The van der Waals surface area contributed by atoms with Gasteiger partial charge in [-0.1, -0.05) is 35.9 Å². The number of fused-ring (bicyclic) bond motifs is 1. The third-order valence-corrected chi connectivity index (χ3v) is 6.01. The van der Waals surface area contributed by atoms with Crippen molar-refractivity contribution in [3.8, 4) is 0 Å². The van der Waals surface area contributed by atoms with E-state index in [0.717, 1.165) is 0 Å². The molecule has 2 aromatic rings. The molecule has 156 valence electrons. The Balaban J connectivity index is 1.46. The Morgan fingerprint density at radius 3 is 2.63 bits per heavy atom. The van der Waals surface area contributed by atoms with Crippen LogP contribution in [0.3, 0.4) is 0 Å². The van der Waals surface area contributed by atoms with Crippen LogP contribution in [0.15, 0.2) is 42.5 Å². The number of rotatable bonds is 3. The minimum Gasteiger partial charge on any atom is -0.444 e. The predicted molar refractivity (Wildman–Crippen MR) is 108 cm³/mol. The van der Waals surface area contributed by atoms with E-state index in [9.17, 15) is 18.8 Å². The average Bonchev–Trinajstić information content (AvgIpc) is 3.32. The SMILES string of the molecule is Cc1ccc(Cl)c(COC(=O)N2CCC3C2C(=O)CN3C(=O)c2ccccc2)c1F. The molecule has 2 heterocycles. The molecule has 6 nitrogen and oxygen atoms in total. The van der Waals surface area contributed by atoms with Gasteiger partial charge in [0, 0.05) is 17.7 Å². The lowest BCUT2D eigenvalue weighted by Crippen LogP contribution is -2.43. The van der Waals surface area contributed by atoms with E-state index in [2.05, 4.69) is 0 Å². The molecule has 0 aliphatic carbocycles. The molecule has 2 amide bonds. The first-order valence-electron chi connectivity index (χ1n) is 9.64. The lowest BCUT2D eigenvalue weighted by Gasteiger charge is -2.24. The predicted octanol–water partition coefficient (Wildman–Crippen LogP) is 3.59. The number of ether oxygens (including phenoxy) is 1. The summed E-state index contributed by atoms with van der Waals surface area (Å²) >= 11 is 6.03. The molecule has 2 unspecified atom stereocenters. The van der Waals surface area contributed by atoms with Crippen molar-refractivity contribution in [1.29, 1.82) is 0 Å². The van der Waals surface area contributed by atoms with Gasteiger partial charge in [0.2, 0.25) is 0 Å². The van der Waals surface area contributed by atoms with Gasteiger partial charge in [-0.3, -0.25) is 14.5 Å². The first-order chi connectivity index (χ1) is 14.4. The third kappa shape index (κ3) is 3.54. The quantitative estimate of drug-likeness (QED) is 0.746. The van der Waals surface area contributed by atoms with E-state index >= 15 is 0 Å². The molecule has 30 heavy (non-hydrogen) atoms. The molecule has 0 radical (unpaired) electrons. The Hall–Kier alpha value is -2.93. The monoisotopic (exact) mass is 430 g/mol. The van der Waals surface area contributed by atoms with Crippen LogP contribution in [0, 0.1) is 12.7 Å². The summed E-state index contributed by atoms with van der Waals surface area (Å²) in [5.74, 6) is -0.968. The Bertz CT molecular complexity index is 1010. The minimum absolute atomic E-state index is 0.0504. The Labute approximate surface area is 178 Å². The summed E-state index contributed by atoms with van der Waals surface area (Å²) in [6.45, 7) is 1.49. The van der Waals surface area contributed by atoms with Crippen LogP contribution < -0.4 is 0 Å². The van der Waals surface area contributed by atoms with Gasteiger partial charge in [0.25, 0.3) is 5.91 Å². The summed E-state index contributed by atoms with van der Waals surface area (Å²) in [6, 6.07) is 10.7. The van der Waals surface area contributed by atoms with Gasteiger partial charge < -0.3 is 9.64 Å². The van der Waals surface area contributed by atoms with E-state index in [1.807, 2.05) is 6.07 Å². The average molecular weight is 431 g/mol. The molecule has 0 spiro atoms. The van der Waals surface area contributed by atoms with Crippen molar-refractivity contribution in [3.63, 3.8) is 0 Å². The fourth-order valence-corrected chi connectivity index (χ4v) is 4.31. The molecule has 2 aliphatic heterocycles. The van der Waals surface area contributed by atoms with Crippen molar-refractivity contribution in [2.45, 2.75) is 32.0 Å². The molecule has 2 atom stereocenters. The first kappa shape index (κ1) is 20.3. The van der Waals surface area contributed by atoms with Gasteiger partial charge in [0.15, 0.2) is 5.78 Å². The van der Waals surface area contributed by atoms with Gasteiger partial charge >= 0.3 is 6.09 Å². The molecule has 0 saturated carbocycles. The van der Waals surface area contributed by atoms with Gasteiger partial charge in [-0.2, -0.15) is 0 Å². The number of amides is 2. The fourth-order valence-electron chi connectivity index (χ4n) is 4.11. The maximum Gasteiger partial charge on any atom is 0.410 e. The van der Waals surface area contributed by atoms with Gasteiger partial charge in [0.05, 0.1) is 17.6 Å². The van der Waals surface area contributed by atoms with Gasteiger partial charge in [-0.05, 0) is 37.1 Å². The second-order valence-electron chi connectivity index (χ2n) is 7.47. The fraction of sp³-hybridized carbons (Fsp3) is 0.318. The molecule has 4 rings (SSSR count). The molecule has 0 bridgehead atoms. The number of likely N-dealkylation sites (tertiary alicyclic amines) is 2. The summed E-state index contributed by atoms with van der Waals surface area (Å²) in [6.07, 6.45) is -0.245. The minimum atomic E-state index is -0.747. The first-order valence-corrected chi connectivity index (χ1v) is 10.0. The van der Waals surface area contributed by atoms with Crippen LogP contribution in [-0.2, 0) is 16.1 Å². The molecular formula is C22H20ClFN2O4. The van der Waals surface area contributed by atoms with E-state index in [4.69, 9.17) is 16.3 Å². The summed E-state index contributed by atoms with van der Waals surface area (Å²) in [5.41, 5.74) is 0.989. The van der Waals surface area contributed by atoms with Crippen LogP contribution in [0.1, 0.15) is 27.9 Å². The van der Waals surface area contributed by atoms with Crippen molar-refractivity contribution in [1.82, 2.24) is 9.80 Å². The highest BCUT2D eigenvalue weighted by Crippen LogP contribution is 2.32. The number of aryl methyl sites for hydroxylation is 1. The maximum atomic E-state index is 14.3. The zero-order valence-electron chi connectivity index (χ0n) is 16.3. The highest BCUT2D eigenvalue weighted by Gasteiger charge is 2.52. The number of carbonyl (C=O) groups is 3. The number of Topliss-reactive ketones (excluding diaryl/α,β-unsaturated/α-hetero) is 1. The number of benzene rings is 2. The van der Waals surface area contributed by atoms with Crippen molar-refractivity contribution in [2.75, 3.05) is 13.1 Å². The smallest absolute Gasteiger partial charge is 0.410 e. The largest absolute Gasteiger partial charge is 0.444 e. The van der Waals surface area contributed by atoms with Crippen molar-refractivity contribution < 1.29 is 23.5 Å². The van der Waals surface area contributed by atoms with Crippen LogP contribution >= 0.6 is 11.6 Å². The molecule has 8 heteroatoms. The lowest BCUT2D eigenvalue weighted by atomic mass is 10.1. The van der Waals surface area contributed by atoms with Crippen LogP contribution in [0.2, 0.25) is 5.02 Å². The second-order valence-corrected chi connectivity index (χ2v) is 7.88. The number of hydrogen-bond acceptors (Lipinski definition) is 4. The highest BCUT2D eigenvalue weighted by atomic mass is 35.5. The number of nitrogens with zero attached hydrogens (tertiary/aromatic N) is 2. The standard InChI is InChI=1S/C22H20ClFN2O4/c1-13-7-8-16(23)15(19(13)24)12-30-22(29)25-10-9-17-20(25)18(27)11-26(17)21(28)14-5-3-2-4-6-14/h2-8,17,20H,9-12H2,1H3. The van der Waals surface area contributed by atoms with Gasteiger partial charge in [-0.15, -0.1) is 0 Å². The van der Waals surface area contributed by atoms with Crippen LogP contribution in [-0.4, -0.2) is 52.8 Å². The van der Waals surface area contributed by atoms with Crippen molar-refractivity contribution in [2.24, 2.45) is 0 Å². The highest BCUT2D eigenvalue weighted by molar-refractivity contribution is 6.31. The number of hydrogen-bond donors (Lipinski definition) is 0. The summed E-state index contributed by atoms with van der Waals surface area (Å²) in [4.78, 5) is 40.9. The van der Waals surface area contributed by atoms with E-state index < -0.39 is 24.0 Å². The summed E-state index contributed by atoms with van der Waals surface area (Å²) < 4.78 is 19.6. The maximum absolute atomic E-state index is 14.3. The zero-order valence-corrected chi connectivity index (χ0v) is 17.1. The Kier molecular flexibility index (Phi) is 5.47. The topological polar surface area (TPSA) is 66.9 Å². The molecule has 2 aromatic carbocycles. The van der Waals surface area contributed by atoms with E-state index in [0.29, 0.717) is 17.5 Å². The van der Waals surface area contributed by atoms with Crippen molar-refractivity contribution >= 4 is 29.4 Å². The second kappa shape index (κ2) is 8.07. The molecule has 2 aliphatic rings. The molecule has 2 fully saturated rings. The Morgan fingerprint density at radius 2 is 1.90 bits per heavy atom. The van der Waals surface area contributed by atoms with Crippen LogP contribution in [0.25, 0.3) is 0 Å². The number of halogens is 2. The number of carbonyl (C=O) groups excluding carboxylic acids is 3. The molecule has 0 N–H and O–H groups in total. The lowest BCUT2D eigenvalue weighted by molar-refractivity contribution is -0.120. The summed E-state index contributed by atoms with van der Waals surface area (Å²) in [5, 5.41) is 0.168. The molecule has 0 aromatic heterocycles. The summed E-state index contributed by atoms with van der Waals surface area (Å²) in [7, 11) is 0. The number of ketones is 1. The van der Waals surface area contributed by atoms with Gasteiger partial charge in [-0.25, -0.2) is 9.18 Å². The van der Waals surface area contributed by atoms with E-state index in [-0.39, 0.29) is 42.0 Å². The Morgan fingerprint density at radius 1 is 1.17 bits per heavy atom.